The maximum atomic E-state index is 12.5. The number of thioether (sulfide) groups is 1. The van der Waals surface area contributed by atoms with Gasteiger partial charge in [0.1, 0.15) is 0 Å². The van der Waals surface area contributed by atoms with Crippen LogP contribution in [0.3, 0.4) is 0 Å². The standard InChI is InChI=1S/C17H15Cl3N2OS/c18-11-8-12(19)17(13(20)9-11)21-16(23)10-22-6-3-7-24-15-5-2-1-4-14(15)22/h1-2,4-5,8-9H,3,6-7,10H2,(H,21,23). The van der Waals surface area contributed by atoms with Crippen molar-refractivity contribution in [1.82, 2.24) is 0 Å². The molecule has 0 saturated heterocycles. The van der Waals surface area contributed by atoms with Crippen LogP contribution < -0.4 is 10.2 Å². The Morgan fingerprint density at radius 1 is 1.17 bits per heavy atom. The number of benzene rings is 2. The van der Waals surface area contributed by atoms with E-state index in [2.05, 4.69) is 16.3 Å². The van der Waals surface area contributed by atoms with Crippen LogP contribution in [-0.4, -0.2) is 24.7 Å². The molecular formula is C17H15Cl3N2OS. The van der Waals surface area contributed by atoms with Crippen molar-refractivity contribution in [2.75, 3.05) is 29.1 Å². The van der Waals surface area contributed by atoms with Crippen molar-refractivity contribution in [2.24, 2.45) is 0 Å². The Morgan fingerprint density at radius 3 is 2.62 bits per heavy atom. The monoisotopic (exact) mass is 400 g/mol. The molecule has 0 spiro atoms. The Kier molecular flexibility index (Phi) is 5.82. The molecule has 1 aliphatic heterocycles. The van der Waals surface area contributed by atoms with Crippen LogP contribution in [0.1, 0.15) is 6.42 Å². The Morgan fingerprint density at radius 2 is 1.88 bits per heavy atom. The molecule has 2 aromatic carbocycles. The molecule has 2 aromatic rings. The van der Waals surface area contributed by atoms with Crippen LogP contribution in [0.25, 0.3) is 0 Å². The molecule has 1 amide bonds. The van der Waals surface area contributed by atoms with Gasteiger partial charge in [0.2, 0.25) is 5.91 Å². The molecule has 0 fully saturated rings. The van der Waals surface area contributed by atoms with E-state index in [4.69, 9.17) is 34.8 Å². The van der Waals surface area contributed by atoms with Crippen molar-refractivity contribution in [1.29, 1.82) is 0 Å². The van der Waals surface area contributed by atoms with Gasteiger partial charge in [-0.2, -0.15) is 0 Å². The number of amides is 1. The molecular weight excluding hydrogens is 387 g/mol. The largest absolute Gasteiger partial charge is 0.361 e. The summed E-state index contributed by atoms with van der Waals surface area (Å²) in [5.41, 5.74) is 1.48. The third-order valence-electron chi connectivity index (χ3n) is 3.64. The summed E-state index contributed by atoms with van der Waals surface area (Å²) in [6.45, 7) is 1.08. The predicted molar refractivity (Wildman–Crippen MR) is 104 cm³/mol. The summed E-state index contributed by atoms with van der Waals surface area (Å²) in [4.78, 5) is 15.8. The van der Waals surface area contributed by atoms with Crippen molar-refractivity contribution in [2.45, 2.75) is 11.3 Å². The predicted octanol–water partition coefficient (Wildman–Crippen LogP) is 5.59. The zero-order chi connectivity index (χ0) is 17.1. The van der Waals surface area contributed by atoms with Gasteiger partial charge in [0.05, 0.1) is 28.0 Å². The number of nitrogens with zero attached hydrogens (tertiary/aromatic N) is 1. The summed E-state index contributed by atoms with van der Waals surface area (Å²) in [5, 5.41) is 3.88. The van der Waals surface area contributed by atoms with Gasteiger partial charge in [-0.1, -0.05) is 46.9 Å². The lowest BCUT2D eigenvalue weighted by molar-refractivity contribution is -0.115. The van der Waals surface area contributed by atoms with E-state index in [0.29, 0.717) is 20.8 Å². The normalized spacial score (nSPS) is 14.0. The van der Waals surface area contributed by atoms with E-state index >= 15 is 0 Å². The highest BCUT2D eigenvalue weighted by atomic mass is 35.5. The SMILES string of the molecule is O=C(CN1CCCSc2ccccc21)Nc1c(Cl)cc(Cl)cc1Cl. The highest BCUT2D eigenvalue weighted by Crippen LogP contribution is 2.35. The first-order valence-electron chi connectivity index (χ1n) is 7.46. The molecule has 0 radical (unpaired) electrons. The maximum absolute atomic E-state index is 12.5. The second kappa shape index (κ2) is 7.87. The fourth-order valence-corrected chi connectivity index (χ4v) is 4.50. The van der Waals surface area contributed by atoms with Gasteiger partial charge in [0.25, 0.3) is 0 Å². The number of halogens is 3. The second-order valence-corrected chi connectivity index (χ2v) is 7.77. The summed E-state index contributed by atoms with van der Waals surface area (Å²) >= 11 is 20.0. The van der Waals surface area contributed by atoms with E-state index in [1.54, 1.807) is 12.1 Å². The summed E-state index contributed by atoms with van der Waals surface area (Å²) in [6.07, 6.45) is 1.02. The summed E-state index contributed by atoms with van der Waals surface area (Å²) < 4.78 is 0. The lowest BCUT2D eigenvalue weighted by atomic mass is 10.2. The van der Waals surface area contributed by atoms with Gasteiger partial charge in [-0.25, -0.2) is 0 Å². The van der Waals surface area contributed by atoms with Crippen LogP contribution in [0.2, 0.25) is 15.1 Å². The number of fused-ring (bicyclic) bond motifs is 1. The number of hydrogen-bond donors (Lipinski definition) is 1. The van der Waals surface area contributed by atoms with Gasteiger partial charge in [0.15, 0.2) is 0 Å². The number of hydrogen-bond acceptors (Lipinski definition) is 3. The minimum atomic E-state index is -0.164. The first kappa shape index (κ1) is 17.7. The second-order valence-electron chi connectivity index (χ2n) is 5.38. The van der Waals surface area contributed by atoms with Gasteiger partial charge >= 0.3 is 0 Å². The Labute approximate surface area is 160 Å². The summed E-state index contributed by atoms with van der Waals surface area (Å²) in [7, 11) is 0. The van der Waals surface area contributed by atoms with Crippen molar-refractivity contribution >= 4 is 63.8 Å². The van der Waals surface area contributed by atoms with E-state index in [9.17, 15) is 4.79 Å². The smallest absolute Gasteiger partial charge is 0.243 e. The minimum Gasteiger partial charge on any atom is -0.361 e. The van der Waals surface area contributed by atoms with E-state index in [0.717, 1.165) is 24.4 Å². The van der Waals surface area contributed by atoms with Gasteiger partial charge in [-0.05, 0) is 36.4 Å². The number of rotatable bonds is 3. The van der Waals surface area contributed by atoms with Gasteiger partial charge in [-0.3, -0.25) is 4.79 Å². The molecule has 3 nitrogen and oxygen atoms in total. The molecule has 126 valence electrons. The van der Waals surface area contributed by atoms with Crippen LogP contribution in [0, 0.1) is 0 Å². The van der Waals surface area contributed by atoms with Crippen molar-refractivity contribution < 1.29 is 4.79 Å². The fourth-order valence-electron chi connectivity index (χ4n) is 2.58. The van der Waals surface area contributed by atoms with Gasteiger partial charge < -0.3 is 10.2 Å². The van der Waals surface area contributed by atoms with E-state index in [1.165, 1.54) is 4.90 Å². The molecule has 7 heteroatoms. The first-order valence-corrected chi connectivity index (χ1v) is 9.58. The molecule has 0 aromatic heterocycles. The molecule has 24 heavy (non-hydrogen) atoms. The van der Waals surface area contributed by atoms with Crippen LogP contribution in [0.15, 0.2) is 41.3 Å². The zero-order valence-electron chi connectivity index (χ0n) is 12.7. The molecule has 1 aliphatic rings. The molecule has 0 aliphatic carbocycles. The average Bonchev–Trinajstić information content (AvgIpc) is 2.73. The fraction of sp³-hybridized carbons (Fsp3) is 0.235. The highest BCUT2D eigenvalue weighted by molar-refractivity contribution is 7.99. The molecule has 0 saturated carbocycles. The molecule has 1 heterocycles. The third-order valence-corrected chi connectivity index (χ3v) is 5.61. The van der Waals surface area contributed by atoms with Crippen molar-refractivity contribution in [3.63, 3.8) is 0 Å². The van der Waals surface area contributed by atoms with Crippen LogP contribution >= 0.6 is 46.6 Å². The quantitative estimate of drug-likeness (QED) is 0.728. The van der Waals surface area contributed by atoms with Crippen LogP contribution in [0.4, 0.5) is 11.4 Å². The van der Waals surface area contributed by atoms with Crippen LogP contribution in [0.5, 0.6) is 0 Å². The molecule has 0 unspecified atom stereocenters. The molecule has 0 bridgehead atoms. The van der Waals surface area contributed by atoms with E-state index in [1.807, 2.05) is 30.0 Å². The van der Waals surface area contributed by atoms with Gasteiger partial charge in [0, 0.05) is 16.5 Å². The lowest BCUT2D eigenvalue weighted by Gasteiger charge is -2.24. The average molecular weight is 402 g/mol. The topological polar surface area (TPSA) is 32.3 Å². The molecule has 1 N–H and O–H groups in total. The minimum absolute atomic E-state index is 0.164. The zero-order valence-corrected chi connectivity index (χ0v) is 15.8. The summed E-state index contributed by atoms with van der Waals surface area (Å²) in [6, 6.07) is 11.3. The van der Waals surface area contributed by atoms with E-state index in [-0.39, 0.29) is 12.5 Å². The highest BCUT2D eigenvalue weighted by Gasteiger charge is 2.19. The maximum Gasteiger partial charge on any atom is 0.243 e. The Bertz CT molecular complexity index is 746. The lowest BCUT2D eigenvalue weighted by Crippen LogP contribution is -2.34. The molecule has 0 atom stereocenters. The third kappa shape index (κ3) is 4.12. The van der Waals surface area contributed by atoms with Gasteiger partial charge in [-0.15, -0.1) is 11.8 Å². The van der Waals surface area contributed by atoms with Crippen molar-refractivity contribution in [3.05, 3.63) is 51.5 Å². The van der Waals surface area contributed by atoms with E-state index < -0.39 is 0 Å². The van der Waals surface area contributed by atoms with Crippen molar-refractivity contribution in [3.8, 4) is 0 Å². The number of nitrogens with one attached hydrogen (secondary N) is 1. The summed E-state index contributed by atoms with van der Waals surface area (Å²) in [5.74, 6) is 0.882. The molecule has 3 rings (SSSR count). The van der Waals surface area contributed by atoms with Crippen LogP contribution in [-0.2, 0) is 4.79 Å². The Hall–Kier alpha value is -1.07. The Balaban J connectivity index is 1.76. The first-order chi connectivity index (χ1) is 11.5. The number of anilines is 2. The number of para-hydroxylation sites is 1. The number of carbonyl (C=O) groups excluding carboxylic acids is 1. The number of carbonyl (C=O) groups is 1.